The topological polar surface area (TPSA) is 57.6 Å². The van der Waals surface area contributed by atoms with E-state index in [-0.39, 0.29) is 18.4 Å². The molecule has 0 saturated carbocycles. The Bertz CT molecular complexity index is 539. The van der Waals surface area contributed by atoms with E-state index >= 15 is 0 Å². The van der Waals surface area contributed by atoms with Crippen LogP contribution in [0.2, 0.25) is 0 Å². The van der Waals surface area contributed by atoms with Gasteiger partial charge in [-0.1, -0.05) is 17.7 Å². The Morgan fingerprint density at radius 3 is 2.71 bits per heavy atom. The molecule has 1 unspecified atom stereocenters. The Morgan fingerprint density at radius 2 is 2.05 bits per heavy atom. The standard InChI is InChI=1S/C17H23NO3/c1-12-6-8-15(13(2)11-12)17(21)18-10-4-3-5-14(18)7-9-16(19)20/h6,8,11,14H,3-5,7,9-10H2,1-2H3,(H,19,20). The Labute approximate surface area is 125 Å². The van der Waals surface area contributed by atoms with Gasteiger partial charge in [-0.05, 0) is 51.2 Å². The summed E-state index contributed by atoms with van der Waals surface area (Å²) in [5.41, 5.74) is 2.87. The number of carboxylic acid groups (broad SMARTS) is 1. The highest BCUT2D eigenvalue weighted by Gasteiger charge is 2.28. The van der Waals surface area contributed by atoms with Crippen LogP contribution in [-0.4, -0.2) is 34.5 Å². The highest BCUT2D eigenvalue weighted by molar-refractivity contribution is 5.96. The van der Waals surface area contributed by atoms with Gasteiger partial charge in [-0.2, -0.15) is 0 Å². The second-order valence-electron chi connectivity index (χ2n) is 5.90. The number of aliphatic carboxylic acids is 1. The molecule has 4 nitrogen and oxygen atoms in total. The fourth-order valence-corrected chi connectivity index (χ4v) is 3.07. The third-order valence-corrected chi connectivity index (χ3v) is 4.19. The number of rotatable bonds is 4. The van der Waals surface area contributed by atoms with Crippen LogP contribution >= 0.6 is 0 Å². The molecule has 1 fully saturated rings. The molecule has 114 valence electrons. The lowest BCUT2D eigenvalue weighted by Gasteiger charge is -2.36. The molecule has 1 aliphatic heterocycles. The second kappa shape index (κ2) is 6.74. The van der Waals surface area contributed by atoms with E-state index in [1.807, 2.05) is 36.9 Å². The van der Waals surface area contributed by atoms with Gasteiger partial charge in [0.05, 0.1) is 0 Å². The molecule has 1 saturated heterocycles. The fourth-order valence-electron chi connectivity index (χ4n) is 3.07. The minimum absolute atomic E-state index is 0.0441. The van der Waals surface area contributed by atoms with Crippen LogP contribution in [0.25, 0.3) is 0 Å². The van der Waals surface area contributed by atoms with Crippen LogP contribution in [0.5, 0.6) is 0 Å². The molecule has 1 aliphatic rings. The number of hydrogen-bond donors (Lipinski definition) is 1. The summed E-state index contributed by atoms with van der Waals surface area (Å²) in [6, 6.07) is 5.92. The van der Waals surface area contributed by atoms with Gasteiger partial charge in [0.15, 0.2) is 0 Å². The lowest BCUT2D eigenvalue weighted by atomic mass is 9.96. The lowest BCUT2D eigenvalue weighted by molar-refractivity contribution is -0.137. The lowest BCUT2D eigenvalue weighted by Crippen LogP contribution is -2.44. The van der Waals surface area contributed by atoms with Gasteiger partial charge in [0.1, 0.15) is 0 Å². The fraction of sp³-hybridized carbons (Fsp3) is 0.529. The number of aryl methyl sites for hydroxylation is 2. The molecule has 0 bridgehead atoms. The number of amides is 1. The van der Waals surface area contributed by atoms with Gasteiger partial charge in [0.2, 0.25) is 0 Å². The molecule has 0 aliphatic carbocycles. The quantitative estimate of drug-likeness (QED) is 0.926. The molecule has 0 radical (unpaired) electrons. The third kappa shape index (κ3) is 3.84. The highest BCUT2D eigenvalue weighted by Crippen LogP contribution is 2.24. The summed E-state index contributed by atoms with van der Waals surface area (Å²) >= 11 is 0. The van der Waals surface area contributed by atoms with Crippen molar-refractivity contribution in [3.63, 3.8) is 0 Å². The predicted octanol–water partition coefficient (Wildman–Crippen LogP) is 3.16. The third-order valence-electron chi connectivity index (χ3n) is 4.19. The zero-order valence-corrected chi connectivity index (χ0v) is 12.8. The average Bonchev–Trinajstić information content (AvgIpc) is 2.45. The minimum atomic E-state index is -0.792. The molecular formula is C17H23NO3. The first-order valence-electron chi connectivity index (χ1n) is 7.59. The monoisotopic (exact) mass is 289 g/mol. The number of hydrogen-bond acceptors (Lipinski definition) is 2. The van der Waals surface area contributed by atoms with Crippen molar-refractivity contribution >= 4 is 11.9 Å². The largest absolute Gasteiger partial charge is 0.481 e. The van der Waals surface area contributed by atoms with Crippen molar-refractivity contribution in [3.8, 4) is 0 Å². The van der Waals surface area contributed by atoms with Crippen LogP contribution in [0.15, 0.2) is 18.2 Å². The summed E-state index contributed by atoms with van der Waals surface area (Å²) in [5, 5.41) is 8.86. The first-order chi connectivity index (χ1) is 9.99. The summed E-state index contributed by atoms with van der Waals surface area (Å²) in [4.78, 5) is 25.4. The Morgan fingerprint density at radius 1 is 1.29 bits per heavy atom. The SMILES string of the molecule is Cc1ccc(C(=O)N2CCCCC2CCC(=O)O)c(C)c1. The van der Waals surface area contributed by atoms with Gasteiger partial charge in [-0.25, -0.2) is 0 Å². The Hall–Kier alpha value is -1.84. The number of carbonyl (C=O) groups is 2. The first kappa shape index (κ1) is 15.5. The van der Waals surface area contributed by atoms with Crippen molar-refractivity contribution < 1.29 is 14.7 Å². The Balaban J connectivity index is 2.16. The molecule has 1 aromatic carbocycles. The summed E-state index contributed by atoms with van der Waals surface area (Å²) in [6.07, 6.45) is 3.65. The van der Waals surface area contributed by atoms with Crippen LogP contribution in [0, 0.1) is 13.8 Å². The number of benzene rings is 1. The van der Waals surface area contributed by atoms with Crippen molar-refractivity contribution in [2.75, 3.05) is 6.54 Å². The molecule has 21 heavy (non-hydrogen) atoms. The van der Waals surface area contributed by atoms with Crippen LogP contribution in [0.1, 0.15) is 53.6 Å². The molecule has 0 aromatic heterocycles. The van der Waals surface area contributed by atoms with Gasteiger partial charge in [-0.3, -0.25) is 9.59 Å². The number of carboxylic acids is 1. The molecule has 1 heterocycles. The second-order valence-corrected chi connectivity index (χ2v) is 5.90. The summed E-state index contributed by atoms with van der Waals surface area (Å²) in [6.45, 7) is 4.70. The minimum Gasteiger partial charge on any atom is -0.481 e. The van der Waals surface area contributed by atoms with Crippen molar-refractivity contribution in [1.82, 2.24) is 4.90 Å². The highest BCUT2D eigenvalue weighted by atomic mass is 16.4. The maximum atomic E-state index is 12.8. The molecular weight excluding hydrogens is 266 g/mol. The molecule has 4 heteroatoms. The Kier molecular flexibility index (Phi) is 4.99. The molecule has 1 N–H and O–H groups in total. The van der Waals surface area contributed by atoms with E-state index in [0.29, 0.717) is 6.42 Å². The van der Waals surface area contributed by atoms with Crippen molar-refractivity contribution in [1.29, 1.82) is 0 Å². The van der Waals surface area contributed by atoms with E-state index in [4.69, 9.17) is 5.11 Å². The zero-order valence-electron chi connectivity index (χ0n) is 12.8. The van der Waals surface area contributed by atoms with E-state index in [2.05, 4.69) is 0 Å². The van der Waals surface area contributed by atoms with Crippen LogP contribution in [0.3, 0.4) is 0 Å². The number of nitrogens with zero attached hydrogens (tertiary/aromatic N) is 1. The van der Waals surface area contributed by atoms with Crippen molar-refractivity contribution in [2.45, 2.75) is 52.0 Å². The van der Waals surface area contributed by atoms with E-state index in [1.54, 1.807) is 0 Å². The molecule has 1 aromatic rings. The maximum Gasteiger partial charge on any atom is 0.303 e. The van der Waals surface area contributed by atoms with Gasteiger partial charge in [0, 0.05) is 24.6 Å². The summed E-state index contributed by atoms with van der Waals surface area (Å²) < 4.78 is 0. The molecule has 0 spiro atoms. The van der Waals surface area contributed by atoms with Gasteiger partial charge in [0.25, 0.3) is 5.91 Å². The van der Waals surface area contributed by atoms with E-state index in [9.17, 15) is 9.59 Å². The number of piperidine rings is 1. The maximum absolute atomic E-state index is 12.8. The smallest absolute Gasteiger partial charge is 0.303 e. The first-order valence-corrected chi connectivity index (χ1v) is 7.59. The zero-order chi connectivity index (χ0) is 15.4. The normalized spacial score (nSPS) is 18.6. The number of likely N-dealkylation sites (tertiary alicyclic amines) is 1. The van der Waals surface area contributed by atoms with Crippen LogP contribution in [0.4, 0.5) is 0 Å². The van der Waals surface area contributed by atoms with Crippen LogP contribution < -0.4 is 0 Å². The summed E-state index contributed by atoms with van der Waals surface area (Å²) in [5.74, 6) is -0.748. The van der Waals surface area contributed by atoms with Gasteiger partial charge < -0.3 is 10.0 Å². The van der Waals surface area contributed by atoms with Crippen molar-refractivity contribution in [3.05, 3.63) is 34.9 Å². The van der Waals surface area contributed by atoms with Gasteiger partial charge >= 0.3 is 5.97 Å². The average molecular weight is 289 g/mol. The van der Waals surface area contributed by atoms with E-state index in [1.165, 1.54) is 0 Å². The van der Waals surface area contributed by atoms with E-state index in [0.717, 1.165) is 42.5 Å². The molecule has 1 amide bonds. The molecule has 1 atom stereocenters. The van der Waals surface area contributed by atoms with Gasteiger partial charge in [-0.15, -0.1) is 0 Å². The summed E-state index contributed by atoms with van der Waals surface area (Å²) in [7, 11) is 0. The predicted molar refractivity (Wildman–Crippen MR) is 81.5 cm³/mol. The van der Waals surface area contributed by atoms with Crippen LogP contribution in [-0.2, 0) is 4.79 Å². The number of carbonyl (C=O) groups excluding carboxylic acids is 1. The van der Waals surface area contributed by atoms with E-state index < -0.39 is 5.97 Å². The van der Waals surface area contributed by atoms with Crippen molar-refractivity contribution in [2.24, 2.45) is 0 Å². The molecule has 2 rings (SSSR count).